The molecule has 0 saturated heterocycles. The van der Waals surface area contributed by atoms with E-state index in [0.29, 0.717) is 12.0 Å². The summed E-state index contributed by atoms with van der Waals surface area (Å²) in [7, 11) is 1.62. The van der Waals surface area contributed by atoms with Gasteiger partial charge in [0, 0.05) is 48.5 Å². The van der Waals surface area contributed by atoms with Crippen molar-refractivity contribution in [3.8, 4) is 0 Å². The lowest BCUT2D eigenvalue weighted by molar-refractivity contribution is -0.122. The predicted molar refractivity (Wildman–Crippen MR) is 141 cm³/mol. The van der Waals surface area contributed by atoms with Crippen molar-refractivity contribution in [1.29, 1.82) is 0 Å². The first-order chi connectivity index (χ1) is 17.5. The Labute approximate surface area is 215 Å². The first kappa shape index (κ1) is 25.3. The zero-order chi connectivity index (χ0) is 25.3. The molecule has 0 saturated carbocycles. The second-order valence-electron chi connectivity index (χ2n) is 8.57. The average Bonchev–Trinajstić information content (AvgIpc) is 2.92. The average molecular weight is 499 g/mol. The fraction of sp³-hybridized carbons (Fsp3) is 0.167. The van der Waals surface area contributed by atoms with Crippen LogP contribution in [0.4, 0.5) is 4.39 Å². The van der Waals surface area contributed by atoms with Crippen molar-refractivity contribution in [3.05, 3.63) is 131 Å². The fourth-order valence-electron chi connectivity index (χ4n) is 3.91. The highest BCUT2D eigenvalue weighted by molar-refractivity contribution is 7.98. The Morgan fingerprint density at radius 3 is 2.22 bits per heavy atom. The lowest BCUT2D eigenvalue weighted by Gasteiger charge is -2.27. The van der Waals surface area contributed by atoms with Gasteiger partial charge in [0.15, 0.2) is 5.78 Å². The molecule has 1 aromatic heterocycles. The molecule has 1 heterocycles. The Kier molecular flexibility index (Phi) is 8.63. The summed E-state index contributed by atoms with van der Waals surface area (Å²) in [4.78, 5) is 33.3. The lowest BCUT2D eigenvalue weighted by Crippen LogP contribution is -2.44. The SMILES string of the molecule is CN(C(=O)c1ccc(F)cc1)[C@@H](Cc1cccnc1)C(=O)Cc1ccc(SCc2ccccc2)cc1. The van der Waals surface area contributed by atoms with Crippen LogP contribution in [0.2, 0.25) is 0 Å². The molecule has 0 fully saturated rings. The molecule has 0 spiro atoms. The maximum atomic E-state index is 13.5. The number of halogens is 1. The Morgan fingerprint density at radius 1 is 0.861 bits per heavy atom. The number of thioether (sulfide) groups is 1. The highest BCUT2D eigenvalue weighted by Crippen LogP contribution is 2.23. The van der Waals surface area contributed by atoms with Crippen LogP contribution in [0.25, 0.3) is 0 Å². The molecule has 1 atom stereocenters. The van der Waals surface area contributed by atoms with E-state index in [-0.39, 0.29) is 18.1 Å². The quantitative estimate of drug-likeness (QED) is 0.251. The van der Waals surface area contributed by atoms with Crippen LogP contribution < -0.4 is 0 Å². The van der Waals surface area contributed by atoms with Gasteiger partial charge in [-0.3, -0.25) is 14.6 Å². The van der Waals surface area contributed by atoms with Crippen LogP contribution in [-0.4, -0.2) is 34.7 Å². The van der Waals surface area contributed by atoms with E-state index in [1.54, 1.807) is 31.2 Å². The van der Waals surface area contributed by atoms with Gasteiger partial charge >= 0.3 is 0 Å². The molecule has 182 valence electrons. The van der Waals surface area contributed by atoms with Crippen molar-refractivity contribution >= 4 is 23.5 Å². The van der Waals surface area contributed by atoms with Crippen LogP contribution in [0.15, 0.2) is 108 Å². The monoisotopic (exact) mass is 498 g/mol. The third kappa shape index (κ3) is 6.89. The number of carbonyl (C=O) groups excluding carboxylic acids is 2. The smallest absolute Gasteiger partial charge is 0.254 e. The molecule has 36 heavy (non-hydrogen) atoms. The highest BCUT2D eigenvalue weighted by atomic mass is 32.2. The summed E-state index contributed by atoms with van der Waals surface area (Å²) in [6.07, 6.45) is 3.93. The van der Waals surface area contributed by atoms with Crippen LogP contribution in [0.1, 0.15) is 27.0 Å². The minimum Gasteiger partial charge on any atom is -0.331 e. The van der Waals surface area contributed by atoms with Crippen molar-refractivity contribution < 1.29 is 14.0 Å². The third-order valence-electron chi connectivity index (χ3n) is 5.95. The molecule has 0 N–H and O–H groups in total. The van der Waals surface area contributed by atoms with E-state index >= 15 is 0 Å². The number of rotatable bonds is 10. The standard InChI is InChI=1S/C30H27FN2O2S/c1-33(30(35)25-11-13-26(31)14-12-25)28(18-24-8-5-17-32-20-24)29(34)19-22-9-15-27(16-10-22)36-21-23-6-3-2-4-7-23/h2-17,20,28H,18-19,21H2,1H3/t28-/m0/s1. The Hall–Kier alpha value is -3.77. The molecule has 4 rings (SSSR count). The van der Waals surface area contributed by atoms with Gasteiger partial charge in [-0.1, -0.05) is 48.5 Å². The van der Waals surface area contributed by atoms with Crippen LogP contribution in [0, 0.1) is 5.82 Å². The van der Waals surface area contributed by atoms with E-state index in [1.807, 2.05) is 54.6 Å². The molecule has 1 amide bonds. The molecule has 0 radical (unpaired) electrons. The molecule has 3 aromatic carbocycles. The van der Waals surface area contributed by atoms with Crippen molar-refractivity contribution in [2.75, 3.05) is 7.05 Å². The topological polar surface area (TPSA) is 50.3 Å². The molecular formula is C30H27FN2O2S. The Bertz CT molecular complexity index is 1280. The number of ketones is 1. The number of aromatic nitrogens is 1. The number of Topliss-reactive ketones (excluding diaryl/α,β-unsaturated/α-hetero) is 1. The maximum absolute atomic E-state index is 13.5. The van der Waals surface area contributed by atoms with Crippen LogP contribution >= 0.6 is 11.8 Å². The van der Waals surface area contributed by atoms with E-state index in [2.05, 4.69) is 17.1 Å². The van der Waals surface area contributed by atoms with Gasteiger partial charge in [0.05, 0.1) is 6.04 Å². The number of amides is 1. The molecule has 0 aliphatic rings. The molecule has 4 aromatic rings. The number of likely N-dealkylation sites (N-methyl/N-ethyl adjacent to an activating group) is 1. The highest BCUT2D eigenvalue weighted by Gasteiger charge is 2.28. The van der Waals surface area contributed by atoms with E-state index < -0.39 is 11.9 Å². The van der Waals surface area contributed by atoms with Gasteiger partial charge in [-0.15, -0.1) is 11.8 Å². The summed E-state index contributed by atoms with van der Waals surface area (Å²) in [5.74, 6) is 0.0664. The largest absolute Gasteiger partial charge is 0.331 e. The molecular weight excluding hydrogens is 471 g/mol. The number of carbonyl (C=O) groups is 2. The van der Waals surface area contributed by atoms with Crippen LogP contribution in [0.5, 0.6) is 0 Å². The molecule has 0 bridgehead atoms. The van der Waals surface area contributed by atoms with E-state index in [4.69, 9.17) is 0 Å². The second-order valence-corrected chi connectivity index (χ2v) is 9.61. The number of pyridine rings is 1. The van der Waals surface area contributed by atoms with E-state index in [9.17, 15) is 14.0 Å². The van der Waals surface area contributed by atoms with Gasteiger partial charge in [-0.25, -0.2) is 4.39 Å². The van der Waals surface area contributed by atoms with Gasteiger partial charge in [-0.2, -0.15) is 0 Å². The zero-order valence-electron chi connectivity index (χ0n) is 20.0. The molecule has 4 nitrogen and oxygen atoms in total. The van der Waals surface area contributed by atoms with Gasteiger partial charge in [0.25, 0.3) is 5.91 Å². The van der Waals surface area contributed by atoms with Gasteiger partial charge in [0.1, 0.15) is 5.82 Å². The molecule has 0 unspecified atom stereocenters. The summed E-state index contributed by atoms with van der Waals surface area (Å²) >= 11 is 1.75. The fourth-order valence-corrected chi connectivity index (χ4v) is 4.76. The second kappa shape index (κ2) is 12.3. The number of benzene rings is 3. The van der Waals surface area contributed by atoms with Crippen molar-refractivity contribution in [2.45, 2.75) is 29.5 Å². The Balaban J connectivity index is 1.46. The summed E-state index contributed by atoms with van der Waals surface area (Å²) in [6, 6.07) is 26.6. The zero-order valence-corrected chi connectivity index (χ0v) is 20.8. The van der Waals surface area contributed by atoms with Crippen LogP contribution in [-0.2, 0) is 23.4 Å². The van der Waals surface area contributed by atoms with E-state index in [1.165, 1.54) is 34.7 Å². The minimum absolute atomic E-state index is 0.0681. The molecule has 6 heteroatoms. The Morgan fingerprint density at radius 2 is 1.56 bits per heavy atom. The summed E-state index contributed by atoms with van der Waals surface area (Å²) in [6.45, 7) is 0. The molecule has 0 aliphatic heterocycles. The van der Waals surface area contributed by atoms with Gasteiger partial charge in [0.2, 0.25) is 0 Å². The first-order valence-corrected chi connectivity index (χ1v) is 12.7. The summed E-state index contributed by atoms with van der Waals surface area (Å²) in [5, 5.41) is 0. The summed E-state index contributed by atoms with van der Waals surface area (Å²) in [5.41, 5.74) is 3.35. The van der Waals surface area contributed by atoms with Crippen molar-refractivity contribution in [3.63, 3.8) is 0 Å². The van der Waals surface area contributed by atoms with Gasteiger partial charge in [-0.05, 0) is 59.2 Å². The van der Waals surface area contributed by atoms with Gasteiger partial charge < -0.3 is 4.90 Å². The molecule has 0 aliphatic carbocycles. The normalized spacial score (nSPS) is 11.6. The van der Waals surface area contributed by atoms with E-state index in [0.717, 1.165) is 21.8 Å². The van der Waals surface area contributed by atoms with Crippen LogP contribution in [0.3, 0.4) is 0 Å². The predicted octanol–water partition coefficient (Wildman–Crippen LogP) is 6.01. The van der Waals surface area contributed by atoms with Crippen molar-refractivity contribution in [1.82, 2.24) is 9.88 Å². The maximum Gasteiger partial charge on any atom is 0.254 e. The lowest BCUT2D eigenvalue weighted by atomic mass is 9.97. The number of hydrogen-bond donors (Lipinski definition) is 0. The third-order valence-corrected chi connectivity index (χ3v) is 7.04. The van der Waals surface area contributed by atoms with Crippen molar-refractivity contribution in [2.24, 2.45) is 0 Å². The summed E-state index contributed by atoms with van der Waals surface area (Å²) < 4.78 is 13.3. The minimum atomic E-state index is -0.682. The number of nitrogens with zero attached hydrogens (tertiary/aromatic N) is 2. The first-order valence-electron chi connectivity index (χ1n) is 11.7. The number of hydrogen-bond acceptors (Lipinski definition) is 4.